The highest BCUT2D eigenvalue weighted by atomic mass is 35.5. The lowest BCUT2D eigenvalue weighted by molar-refractivity contribution is -0.113. The van der Waals surface area contributed by atoms with Crippen LogP contribution in [0.5, 0.6) is 0 Å². The first-order valence-electron chi connectivity index (χ1n) is 9.40. The number of thioether (sulfide) groups is 2. The van der Waals surface area contributed by atoms with Crippen molar-refractivity contribution in [2.45, 2.75) is 37.1 Å². The molecule has 0 aliphatic rings. The minimum absolute atomic E-state index is 0.0618. The van der Waals surface area contributed by atoms with E-state index in [2.05, 4.69) is 15.5 Å². The van der Waals surface area contributed by atoms with Gasteiger partial charge in [-0.25, -0.2) is 0 Å². The van der Waals surface area contributed by atoms with Crippen molar-refractivity contribution in [2.75, 3.05) is 11.1 Å². The minimum Gasteiger partial charge on any atom is -0.325 e. The molecule has 1 aromatic heterocycles. The van der Waals surface area contributed by atoms with Crippen LogP contribution in [0.1, 0.15) is 23.9 Å². The summed E-state index contributed by atoms with van der Waals surface area (Å²) in [6, 6.07) is 13.3. The van der Waals surface area contributed by atoms with Crippen LogP contribution in [0.15, 0.2) is 47.6 Å². The molecule has 158 valence electrons. The Hall–Kier alpha value is -1.67. The standard InChI is InChI=1S/C21H22Cl2N4OS2/c1-3-27-19(12-29-11-15-8-9-16(22)10-17(15)23)25-26-21(27)30-13-20(28)24-18-7-5-4-6-14(18)2/h4-10H,3,11-13H2,1-2H3,(H,24,28). The molecule has 0 bridgehead atoms. The predicted molar refractivity (Wildman–Crippen MR) is 128 cm³/mol. The van der Waals surface area contributed by atoms with Crippen molar-refractivity contribution in [2.24, 2.45) is 0 Å². The SMILES string of the molecule is CCn1c(CSCc2ccc(Cl)cc2Cl)nnc1SCC(=O)Nc1ccccc1C. The maximum atomic E-state index is 12.3. The molecule has 5 nitrogen and oxygen atoms in total. The van der Waals surface area contributed by atoms with Crippen molar-refractivity contribution in [3.05, 3.63) is 69.5 Å². The maximum Gasteiger partial charge on any atom is 0.234 e. The fourth-order valence-electron chi connectivity index (χ4n) is 2.77. The molecule has 0 aliphatic carbocycles. The Morgan fingerprint density at radius 2 is 1.93 bits per heavy atom. The summed E-state index contributed by atoms with van der Waals surface area (Å²) in [4.78, 5) is 12.3. The molecule has 3 rings (SSSR count). The zero-order valence-corrected chi connectivity index (χ0v) is 19.8. The summed E-state index contributed by atoms with van der Waals surface area (Å²) in [6.07, 6.45) is 0. The number of amides is 1. The van der Waals surface area contributed by atoms with Gasteiger partial charge in [0.25, 0.3) is 0 Å². The highest BCUT2D eigenvalue weighted by Gasteiger charge is 2.14. The lowest BCUT2D eigenvalue weighted by Gasteiger charge is -2.09. The van der Waals surface area contributed by atoms with Crippen molar-refractivity contribution in [3.8, 4) is 0 Å². The van der Waals surface area contributed by atoms with E-state index in [1.54, 1.807) is 17.8 Å². The number of para-hydroxylation sites is 1. The number of nitrogens with one attached hydrogen (secondary N) is 1. The monoisotopic (exact) mass is 480 g/mol. The average molecular weight is 481 g/mol. The molecule has 0 radical (unpaired) electrons. The fourth-order valence-corrected chi connectivity index (χ4v) is 5.12. The number of carbonyl (C=O) groups excluding carboxylic acids is 1. The Bertz CT molecular complexity index is 1030. The summed E-state index contributed by atoms with van der Waals surface area (Å²) in [5, 5.41) is 13.6. The molecule has 0 spiro atoms. The third-order valence-electron chi connectivity index (χ3n) is 4.37. The van der Waals surface area contributed by atoms with E-state index in [9.17, 15) is 4.79 Å². The number of anilines is 1. The third-order valence-corrected chi connectivity index (χ3v) is 6.90. The van der Waals surface area contributed by atoms with Crippen LogP contribution in [-0.2, 0) is 22.8 Å². The van der Waals surface area contributed by atoms with Crippen LogP contribution < -0.4 is 5.32 Å². The zero-order valence-electron chi connectivity index (χ0n) is 16.7. The van der Waals surface area contributed by atoms with Crippen LogP contribution in [0.4, 0.5) is 5.69 Å². The molecular formula is C21H22Cl2N4OS2. The van der Waals surface area contributed by atoms with Gasteiger partial charge in [-0.15, -0.1) is 22.0 Å². The number of benzene rings is 2. The highest BCUT2D eigenvalue weighted by molar-refractivity contribution is 7.99. The van der Waals surface area contributed by atoms with Crippen LogP contribution in [0.3, 0.4) is 0 Å². The van der Waals surface area contributed by atoms with E-state index >= 15 is 0 Å². The maximum absolute atomic E-state index is 12.3. The Morgan fingerprint density at radius 3 is 2.67 bits per heavy atom. The van der Waals surface area contributed by atoms with Gasteiger partial charge in [-0.3, -0.25) is 4.79 Å². The van der Waals surface area contributed by atoms with Crippen LogP contribution in [0.25, 0.3) is 0 Å². The number of carbonyl (C=O) groups is 1. The normalized spacial score (nSPS) is 10.9. The van der Waals surface area contributed by atoms with Crippen LogP contribution in [0, 0.1) is 6.92 Å². The van der Waals surface area contributed by atoms with Gasteiger partial charge in [0, 0.05) is 28.0 Å². The molecule has 0 saturated heterocycles. The Kier molecular flexibility index (Phi) is 8.50. The fraction of sp³-hybridized carbons (Fsp3) is 0.286. The summed E-state index contributed by atoms with van der Waals surface area (Å²) in [6.45, 7) is 4.76. The molecule has 3 aromatic rings. The second-order valence-electron chi connectivity index (χ2n) is 6.52. The number of hydrogen-bond donors (Lipinski definition) is 1. The van der Waals surface area contributed by atoms with Crippen molar-refractivity contribution < 1.29 is 4.79 Å². The molecule has 1 N–H and O–H groups in total. The largest absolute Gasteiger partial charge is 0.325 e. The second-order valence-corrected chi connectivity index (χ2v) is 9.30. The number of rotatable bonds is 9. The smallest absolute Gasteiger partial charge is 0.234 e. The first kappa shape index (κ1) is 23.0. The molecule has 0 aliphatic heterocycles. The van der Waals surface area contributed by atoms with Crippen LogP contribution >= 0.6 is 46.7 Å². The summed E-state index contributed by atoms with van der Waals surface area (Å²) in [5.41, 5.74) is 2.90. The molecule has 0 unspecified atom stereocenters. The third kappa shape index (κ3) is 6.17. The lowest BCUT2D eigenvalue weighted by Crippen LogP contribution is -2.15. The first-order chi connectivity index (χ1) is 14.5. The molecule has 30 heavy (non-hydrogen) atoms. The molecule has 1 amide bonds. The van der Waals surface area contributed by atoms with Crippen LogP contribution in [0.2, 0.25) is 10.0 Å². The van der Waals surface area contributed by atoms with Gasteiger partial charge in [0.2, 0.25) is 5.91 Å². The summed E-state index contributed by atoms with van der Waals surface area (Å²) >= 11 is 15.3. The number of nitrogens with zero attached hydrogens (tertiary/aromatic N) is 3. The van der Waals surface area contributed by atoms with Gasteiger partial charge < -0.3 is 9.88 Å². The van der Waals surface area contributed by atoms with Crippen LogP contribution in [-0.4, -0.2) is 26.4 Å². The zero-order chi connectivity index (χ0) is 21.5. The van der Waals surface area contributed by atoms with Gasteiger partial charge >= 0.3 is 0 Å². The van der Waals surface area contributed by atoms with Crippen molar-refractivity contribution in [3.63, 3.8) is 0 Å². The summed E-state index contributed by atoms with van der Waals surface area (Å²) in [7, 11) is 0. The average Bonchev–Trinajstić information content (AvgIpc) is 3.11. The van der Waals surface area contributed by atoms with E-state index in [-0.39, 0.29) is 11.7 Å². The molecule has 0 fully saturated rings. The number of aromatic nitrogens is 3. The molecule has 2 aromatic carbocycles. The minimum atomic E-state index is -0.0618. The second kappa shape index (κ2) is 11.1. The van der Waals surface area contributed by atoms with E-state index in [0.717, 1.165) is 40.1 Å². The number of aryl methyl sites for hydroxylation is 1. The van der Waals surface area contributed by atoms with Gasteiger partial charge in [0.1, 0.15) is 5.82 Å². The van der Waals surface area contributed by atoms with Gasteiger partial charge in [-0.2, -0.15) is 0 Å². The summed E-state index contributed by atoms with van der Waals surface area (Å²) in [5.74, 6) is 2.56. The van der Waals surface area contributed by atoms with Gasteiger partial charge in [-0.1, -0.05) is 59.2 Å². The van der Waals surface area contributed by atoms with E-state index in [0.29, 0.717) is 15.8 Å². The predicted octanol–water partition coefficient (Wildman–Crippen LogP) is 6.08. The van der Waals surface area contributed by atoms with Crippen molar-refractivity contribution in [1.29, 1.82) is 0 Å². The highest BCUT2D eigenvalue weighted by Crippen LogP contribution is 2.27. The Balaban J connectivity index is 1.54. The first-order valence-corrected chi connectivity index (χ1v) is 12.3. The van der Waals surface area contributed by atoms with Crippen molar-refractivity contribution >= 4 is 58.3 Å². The molecular weight excluding hydrogens is 459 g/mol. The summed E-state index contributed by atoms with van der Waals surface area (Å²) < 4.78 is 2.04. The van der Waals surface area contributed by atoms with Gasteiger partial charge in [0.15, 0.2) is 5.16 Å². The quantitative estimate of drug-likeness (QED) is 0.376. The molecule has 1 heterocycles. The topological polar surface area (TPSA) is 59.8 Å². The number of hydrogen-bond acceptors (Lipinski definition) is 5. The number of halogens is 2. The van der Waals surface area contributed by atoms with Gasteiger partial charge in [-0.05, 0) is 43.2 Å². The Labute approximate surface area is 194 Å². The molecule has 0 saturated carbocycles. The lowest BCUT2D eigenvalue weighted by atomic mass is 10.2. The van der Waals surface area contributed by atoms with E-state index in [4.69, 9.17) is 23.2 Å². The van der Waals surface area contributed by atoms with E-state index in [1.807, 2.05) is 54.8 Å². The van der Waals surface area contributed by atoms with Gasteiger partial charge in [0.05, 0.1) is 11.5 Å². The van der Waals surface area contributed by atoms with Crippen molar-refractivity contribution in [1.82, 2.24) is 14.8 Å². The molecule has 9 heteroatoms. The van der Waals surface area contributed by atoms with E-state index in [1.165, 1.54) is 11.8 Å². The Morgan fingerprint density at radius 1 is 1.13 bits per heavy atom. The molecule has 0 atom stereocenters. The van der Waals surface area contributed by atoms with E-state index < -0.39 is 0 Å².